The Kier molecular flexibility index (Phi) is 20.0. The van der Waals surface area contributed by atoms with Crippen LogP contribution in [0.2, 0.25) is 5.02 Å². The van der Waals surface area contributed by atoms with Crippen molar-refractivity contribution in [3.05, 3.63) is 59.3 Å². The molecule has 32 heavy (non-hydrogen) atoms. The van der Waals surface area contributed by atoms with Crippen LogP contribution in [-0.4, -0.2) is 44.3 Å². The number of hydrogen-bond acceptors (Lipinski definition) is 6. The van der Waals surface area contributed by atoms with E-state index in [1.54, 1.807) is 6.20 Å². The number of pyridine rings is 1. The van der Waals surface area contributed by atoms with Gasteiger partial charge in [-0.3, -0.25) is 30.1 Å². The second kappa shape index (κ2) is 20.3. The molecule has 0 fully saturated rings. The van der Waals surface area contributed by atoms with Crippen molar-refractivity contribution in [2.45, 2.75) is 25.7 Å². The van der Waals surface area contributed by atoms with Gasteiger partial charge in [0.2, 0.25) is 5.91 Å². The molecule has 1 heterocycles. The summed E-state index contributed by atoms with van der Waals surface area (Å²) in [5.74, 6) is 0.111. The zero-order valence-corrected chi connectivity index (χ0v) is 20.9. The summed E-state index contributed by atoms with van der Waals surface area (Å²) in [5.41, 5.74) is 3.27. The number of aromatic nitrogens is 1. The zero-order chi connectivity index (χ0) is 23.5. The van der Waals surface area contributed by atoms with Gasteiger partial charge in [-0.1, -0.05) is 35.4 Å². The molecule has 1 amide bonds. The number of amides is 1. The van der Waals surface area contributed by atoms with E-state index < -0.39 is 0 Å². The van der Waals surface area contributed by atoms with Crippen molar-refractivity contribution < 1.29 is 39.6 Å². The number of fused-ring (bicyclic) bond motifs is 1. The van der Waals surface area contributed by atoms with E-state index in [0.717, 1.165) is 35.9 Å². The summed E-state index contributed by atoms with van der Waals surface area (Å²) in [6, 6.07) is 7.59. The van der Waals surface area contributed by atoms with Gasteiger partial charge in [-0.15, -0.1) is 0 Å². The van der Waals surface area contributed by atoms with Gasteiger partial charge in [-0.2, -0.15) is 0 Å². The van der Waals surface area contributed by atoms with Crippen molar-refractivity contribution in [1.29, 1.82) is 0 Å². The van der Waals surface area contributed by atoms with E-state index in [1.165, 1.54) is 5.57 Å². The van der Waals surface area contributed by atoms with Crippen LogP contribution < -0.4 is 10.6 Å². The monoisotopic (exact) mass is 629 g/mol. The number of halogens is 1. The molecule has 0 saturated heterocycles. The van der Waals surface area contributed by atoms with Gasteiger partial charge < -0.3 is 25.0 Å². The van der Waals surface area contributed by atoms with Crippen LogP contribution in [0, 0.1) is 0 Å². The predicted molar refractivity (Wildman–Crippen MR) is 124 cm³/mol. The molecule has 2 N–H and O–H groups in total. The van der Waals surface area contributed by atoms with Crippen molar-refractivity contribution in [3.8, 4) is 0 Å². The Hall–Kier alpha value is -2.66. The second-order valence-electron chi connectivity index (χ2n) is 6.11. The van der Waals surface area contributed by atoms with Crippen LogP contribution in [-0.2, 0) is 39.6 Å². The Balaban J connectivity index is 0. The molecule has 7 nitrogen and oxygen atoms in total. The molecule has 0 aliphatic heterocycles. The molecule has 0 unspecified atom stereocenters. The summed E-state index contributed by atoms with van der Waals surface area (Å²) in [4.78, 5) is 39.5. The van der Waals surface area contributed by atoms with Crippen molar-refractivity contribution in [2.24, 2.45) is 0 Å². The number of carbonyl (C=O) groups excluding carboxylic acids is 4. The third kappa shape index (κ3) is 11.7. The molecule has 1 radical (unpaired) electrons. The molecule has 0 saturated carbocycles. The van der Waals surface area contributed by atoms with Gasteiger partial charge in [0.05, 0.1) is 5.52 Å². The number of benzene rings is 1. The minimum atomic E-state index is 0. The first-order valence-corrected chi connectivity index (χ1v) is 9.70. The maximum absolute atomic E-state index is 11.9. The summed E-state index contributed by atoms with van der Waals surface area (Å²) < 4.78 is 0. The normalized spacial score (nSPS) is 10.6. The molecular weight excluding hydrogens is 604 g/mol. The quantitative estimate of drug-likeness (QED) is 0.263. The van der Waals surface area contributed by atoms with Crippen LogP contribution in [0.4, 0.5) is 5.69 Å². The predicted octanol–water partition coefficient (Wildman–Crippen LogP) is 3.65. The van der Waals surface area contributed by atoms with E-state index in [2.05, 4.69) is 54.2 Å². The number of nitrogens with one attached hydrogen (secondary N) is 2. The smallest absolute Gasteiger partial charge is 0.220 e. The van der Waals surface area contributed by atoms with Crippen LogP contribution in [0.25, 0.3) is 10.9 Å². The number of allylic oxidation sites excluding steroid dienone is 4. The van der Waals surface area contributed by atoms with E-state index in [0.29, 0.717) is 24.5 Å². The summed E-state index contributed by atoms with van der Waals surface area (Å²) in [5, 5.41) is 8.01. The first-order valence-electron chi connectivity index (χ1n) is 9.32. The fourth-order valence-electron chi connectivity index (χ4n) is 2.92. The second-order valence-corrected chi connectivity index (χ2v) is 6.54. The molecule has 2 aromatic rings. The van der Waals surface area contributed by atoms with Gasteiger partial charge >= 0.3 is 0 Å². The number of carbonyl (C=O) groups is 1. The van der Waals surface area contributed by atoms with Crippen molar-refractivity contribution in [1.82, 2.24) is 10.3 Å². The first-order chi connectivity index (χ1) is 15.2. The average molecular weight is 629 g/mol. The molecule has 1 aliphatic rings. The Bertz CT molecular complexity index is 873. The minimum Gasteiger partial charge on any atom is -0.545 e. The van der Waals surface area contributed by atoms with E-state index in [-0.39, 0.29) is 26.3 Å². The zero-order valence-electron chi connectivity index (χ0n) is 17.4. The summed E-state index contributed by atoms with van der Waals surface area (Å²) in [6.45, 7) is 11.0. The van der Waals surface area contributed by atoms with Gasteiger partial charge in [-0.05, 0) is 43.5 Å². The minimum absolute atomic E-state index is 0. The van der Waals surface area contributed by atoms with Gasteiger partial charge in [0, 0.05) is 62.2 Å². The molecule has 1 aliphatic carbocycles. The maximum Gasteiger partial charge on any atom is 0.220 e. The van der Waals surface area contributed by atoms with E-state index in [4.69, 9.17) is 26.0 Å². The average Bonchev–Trinajstić information content (AvgIpc) is 3.34. The van der Waals surface area contributed by atoms with E-state index >= 15 is 0 Å². The Morgan fingerprint density at radius 2 is 1.78 bits per heavy atom. The molecule has 0 atom stereocenters. The largest absolute Gasteiger partial charge is 0.545 e. The third-order valence-corrected chi connectivity index (χ3v) is 4.45. The van der Waals surface area contributed by atoms with Crippen molar-refractivity contribution in [3.63, 3.8) is 0 Å². The standard InChI is InChI=1S/C20H22ClN3O.3CHO.Re/c21-16-8-9-17-18(10-11-22-19(17)14-16)23-12-13-24-20(25)7-3-6-15-4-1-2-5-15;3*1-2;/h1-2,4,8-11,14H,3,5-7,12-13H2,(H,22,23)(H,24,25);3*1H;/q;3*-1;. The molecule has 9 heteroatoms. The van der Waals surface area contributed by atoms with Crippen LogP contribution in [0.3, 0.4) is 0 Å². The SMILES string of the molecule is O=C(CCCC1=CC=CC1)NCCNc1ccnc2cc(Cl)ccc12.[CH-]=O.[CH-]=O.[CH-]=O.[Re]. The number of rotatable bonds is 8. The summed E-state index contributed by atoms with van der Waals surface area (Å²) in [6.07, 6.45) is 11.7. The summed E-state index contributed by atoms with van der Waals surface area (Å²) >= 11 is 6.00. The van der Waals surface area contributed by atoms with Crippen molar-refractivity contribution in [2.75, 3.05) is 18.4 Å². The Morgan fingerprint density at radius 3 is 2.44 bits per heavy atom. The fourth-order valence-corrected chi connectivity index (χ4v) is 3.08. The third-order valence-electron chi connectivity index (χ3n) is 4.22. The molecular formula is C23H25ClN3O4Re-3. The molecule has 1 aromatic carbocycles. The Morgan fingerprint density at radius 1 is 1.06 bits per heavy atom. The van der Waals surface area contributed by atoms with Gasteiger partial charge in [-0.25, -0.2) is 0 Å². The van der Waals surface area contributed by atoms with Crippen LogP contribution in [0.15, 0.2) is 54.3 Å². The molecule has 173 valence electrons. The van der Waals surface area contributed by atoms with Crippen LogP contribution in [0.1, 0.15) is 25.7 Å². The molecule has 3 rings (SSSR count). The number of hydrogen-bond donors (Lipinski definition) is 2. The van der Waals surface area contributed by atoms with E-state index in [9.17, 15) is 4.79 Å². The van der Waals surface area contributed by atoms with Crippen LogP contribution in [0.5, 0.6) is 0 Å². The van der Waals surface area contributed by atoms with Crippen molar-refractivity contribution >= 4 is 54.5 Å². The van der Waals surface area contributed by atoms with E-state index in [1.807, 2.05) is 24.3 Å². The molecule has 1 aromatic heterocycles. The summed E-state index contributed by atoms with van der Waals surface area (Å²) in [7, 11) is 0. The topological polar surface area (TPSA) is 105 Å². The number of nitrogens with zero attached hydrogens (tertiary/aromatic N) is 1. The fraction of sp³-hybridized carbons (Fsp3) is 0.261. The molecule has 0 spiro atoms. The number of anilines is 1. The van der Waals surface area contributed by atoms with Gasteiger partial charge in [0.15, 0.2) is 0 Å². The van der Waals surface area contributed by atoms with Crippen LogP contribution >= 0.6 is 11.6 Å². The molecule has 0 bridgehead atoms. The van der Waals surface area contributed by atoms with Gasteiger partial charge in [0.25, 0.3) is 0 Å². The first kappa shape index (κ1) is 31.5. The Labute approximate surface area is 207 Å². The van der Waals surface area contributed by atoms with Gasteiger partial charge in [0.1, 0.15) is 0 Å². The maximum atomic E-state index is 11.9.